The van der Waals surface area contributed by atoms with Gasteiger partial charge in [-0.3, -0.25) is 14.9 Å². The number of non-ortho nitro benzene ring substituents is 1. The maximum absolute atomic E-state index is 12.2. The van der Waals surface area contributed by atoms with Gasteiger partial charge in [0.25, 0.3) is 11.6 Å². The lowest BCUT2D eigenvalue weighted by Gasteiger charge is -2.10. The van der Waals surface area contributed by atoms with Gasteiger partial charge in [0, 0.05) is 16.6 Å². The van der Waals surface area contributed by atoms with E-state index in [0.29, 0.717) is 10.2 Å². The first-order chi connectivity index (χ1) is 9.90. The Balaban J connectivity index is 2.39. The molecule has 2 rings (SSSR count). The van der Waals surface area contributed by atoms with Crippen LogP contribution in [0.1, 0.15) is 10.4 Å². The Morgan fingerprint density at radius 3 is 2.62 bits per heavy atom. The maximum Gasteiger partial charge on any atom is 0.271 e. The summed E-state index contributed by atoms with van der Waals surface area (Å²) >= 11 is 9.11. The van der Waals surface area contributed by atoms with Crippen molar-refractivity contribution in [3.8, 4) is 0 Å². The minimum Gasteiger partial charge on any atom is -0.397 e. The van der Waals surface area contributed by atoms with Crippen LogP contribution in [0.3, 0.4) is 0 Å². The molecule has 6 nitrogen and oxygen atoms in total. The SMILES string of the molecule is Nc1c(Cl)cc([N+](=O)[O-])cc1C(=O)Nc1ccccc1Br. The van der Waals surface area contributed by atoms with Crippen molar-refractivity contribution >= 4 is 50.5 Å². The fraction of sp³-hybridized carbons (Fsp3) is 0. The first-order valence-corrected chi connectivity index (χ1v) is 6.86. The van der Waals surface area contributed by atoms with E-state index in [9.17, 15) is 14.9 Å². The minimum atomic E-state index is -0.638. The Bertz CT molecular complexity index is 737. The second kappa shape index (κ2) is 6.11. The largest absolute Gasteiger partial charge is 0.397 e. The number of nitro benzene ring substituents is 1. The Labute approximate surface area is 133 Å². The van der Waals surface area contributed by atoms with Crippen LogP contribution in [0.4, 0.5) is 17.1 Å². The molecule has 8 heteroatoms. The molecule has 0 aliphatic rings. The van der Waals surface area contributed by atoms with E-state index in [1.54, 1.807) is 24.3 Å². The highest BCUT2D eigenvalue weighted by atomic mass is 79.9. The van der Waals surface area contributed by atoms with Crippen LogP contribution >= 0.6 is 27.5 Å². The summed E-state index contributed by atoms with van der Waals surface area (Å²) in [6, 6.07) is 9.15. The van der Waals surface area contributed by atoms with Crippen molar-refractivity contribution in [2.45, 2.75) is 0 Å². The summed E-state index contributed by atoms with van der Waals surface area (Å²) in [5, 5.41) is 13.4. The maximum atomic E-state index is 12.2. The number of nitrogens with zero attached hydrogens (tertiary/aromatic N) is 1. The highest BCUT2D eigenvalue weighted by Crippen LogP contribution is 2.30. The molecule has 0 saturated heterocycles. The summed E-state index contributed by atoms with van der Waals surface area (Å²) < 4.78 is 0.674. The molecule has 0 fully saturated rings. The van der Waals surface area contributed by atoms with E-state index >= 15 is 0 Å². The van der Waals surface area contributed by atoms with Crippen LogP contribution in [-0.4, -0.2) is 10.8 Å². The minimum absolute atomic E-state index is 0.00757. The number of nitro groups is 1. The van der Waals surface area contributed by atoms with E-state index < -0.39 is 10.8 Å². The number of hydrogen-bond acceptors (Lipinski definition) is 4. The van der Waals surface area contributed by atoms with Crippen LogP contribution in [-0.2, 0) is 0 Å². The van der Waals surface area contributed by atoms with Gasteiger partial charge in [-0.05, 0) is 28.1 Å². The molecule has 0 aromatic heterocycles. The average molecular weight is 371 g/mol. The molecule has 108 valence electrons. The molecule has 0 heterocycles. The standard InChI is InChI=1S/C13H9BrClN3O3/c14-9-3-1-2-4-11(9)17-13(19)8-5-7(18(20)21)6-10(15)12(8)16/h1-6H,16H2,(H,17,19). The number of amides is 1. The fourth-order valence-electron chi connectivity index (χ4n) is 1.65. The Hall–Kier alpha value is -2.12. The molecule has 0 aliphatic carbocycles. The van der Waals surface area contributed by atoms with Crippen LogP contribution < -0.4 is 11.1 Å². The number of carbonyl (C=O) groups excluding carboxylic acids is 1. The molecule has 0 bridgehead atoms. The first kappa shape index (κ1) is 15.3. The number of para-hydroxylation sites is 1. The summed E-state index contributed by atoms with van der Waals surface area (Å²) in [5.74, 6) is -0.579. The molecule has 2 aromatic carbocycles. The molecule has 2 aromatic rings. The lowest BCUT2D eigenvalue weighted by Crippen LogP contribution is -2.15. The number of anilines is 2. The van der Waals surface area contributed by atoms with Gasteiger partial charge in [-0.15, -0.1) is 0 Å². The van der Waals surface area contributed by atoms with E-state index in [1.165, 1.54) is 0 Å². The predicted molar refractivity (Wildman–Crippen MR) is 84.6 cm³/mol. The van der Waals surface area contributed by atoms with Gasteiger partial charge in [0.05, 0.1) is 26.9 Å². The van der Waals surface area contributed by atoms with Gasteiger partial charge in [0.1, 0.15) is 0 Å². The van der Waals surface area contributed by atoms with Gasteiger partial charge in [-0.25, -0.2) is 0 Å². The Morgan fingerprint density at radius 2 is 2.00 bits per heavy atom. The number of nitrogen functional groups attached to an aromatic ring is 1. The predicted octanol–water partition coefficient (Wildman–Crippen LogP) is 3.85. The molecular weight excluding hydrogens is 362 g/mol. The summed E-state index contributed by atoms with van der Waals surface area (Å²) in [5.41, 5.74) is 5.88. The second-order valence-electron chi connectivity index (χ2n) is 4.08. The highest BCUT2D eigenvalue weighted by Gasteiger charge is 2.19. The van der Waals surface area contributed by atoms with Gasteiger partial charge in [0.2, 0.25) is 0 Å². The first-order valence-electron chi connectivity index (χ1n) is 5.69. The van der Waals surface area contributed by atoms with Crippen LogP contribution in [0.15, 0.2) is 40.9 Å². The topological polar surface area (TPSA) is 98.3 Å². The van der Waals surface area contributed by atoms with Crippen molar-refractivity contribution in [1.29, 1.82) is 0 Å². The number of nitrogens with two attached hydrogens (primary N) is 1. The number of benzene rings is 2. The molecule has 0 spiro atoms. The van der Waals surface area contributed by atoms with Crippen molar-refractivity contribution in [2.24, 2.45) is 0 Å². The molecule has 0 unspecified atom stereocenters. The quantitative estimate of drug-likeness (QED) is 0.487. The zero-order valence-corrected chi connectivity index (χ0v) is 12.8. The van der Waals surface area contributed by atoms with Gasteiger partial charge in [0.15, 0.2) is 0 Å². The summed E-state index contributed by atoms with van der Waals surface area (Å²) in [6.07, 6.45) is 0. The van der Waals surface area contributed by atoms with Gasteiger partial charge in [-0.2, -0.15) is 0 Å². The molecule has 21 heavy (non-hydrogen) atoms. The van der Waals surface area contributed by atoms with E-state index in [0.717, 1.165) is 12.1 Å². The molecule has 0 aliphatic heterocycles. The van der Waals surface area contributed by atoms with Crippen LogP contribution in [0.2, 0.25) is 5.02 Å². The molecule has 1 amide bonds. The Kier molecular flexibility index (Phi) is 4.44. The normalized spacial score (nSPS) is 10.2. The smallest absolute Gasteiger partial charge is 0.271 e. The van der Waals surface area contributed by atoms with Crippen molar-refractivity contribution in [2.75, 3.05) is 11.1 Å². The molecular formula is C13H9BrClN3O3. The monoisotopic (exact) mass is 369 g/mol. The lowest BCUT2D eigenvalue weighted by molar-refractivity contribution is -0.384. The Morgan fingerprint density at radius 1 is 1.33 bits per heavy atom. The third-order valence-corrected chi connectivity index (χ3v) is 3.70. The van der Waals surface area contributed by atoms with E-state index in [1.807, 2.05) is 0 Å². The van der Waals surface area contributed by atoms with E-state index in [-0.39, 0.29) is 22.0 Å². The summed E-state index contributed by atoms with van der Waals surface area (Å²) in [6.45, 7) is 0. The lowest BCUT2D eigenvalue weighted by atomic mass is 10.1. The number of rotatable bonds is 3. The van der Waals surface area contributed by atoms with Gasteiger partial charge < -0.3 is 11.1 Å². The third-order valence-electron chi connectivity index (χ3n) is 2.69. The molecule has 0 atom stereocenters. The van der Waals surface area contributed by atoms with Crippen molar-refractivity contribution in [1.82, 2.24) is 0 Å². The average Bonchev–Trinajstić information content (AvgIpc) is 2.43. The highest BCUT2D eigenvalue weighted by molar-refractivity contribution is 9.10. The van der Waals surface area contributed by atoms with Crippen LogP contribution in [0.25, 0.3) is 0 Å². The second-order valence-corrected chi connectivity index (χ2v) is 5.34. The van der Waals surface area contributed by atoms with Crippen LogP contribution in [0, 0.1) is 10.1 Å². The van der Waals surface area contributed by atoms with Crippen molar-refractivity contribution in [3.05, 3.63) is 61.6 Å². The zero-order chi connectivity index (χ0) is 15.6. The van der Waals surface area contributed by atoms with Gasteiger partial charge in [-0.1, -0.05) is 23.7 Å². The number of carbonyl (C=O) groups is 1. The number of nitrogens with one attached hydrogen (secondary N) is 1. The van der Waals surface area contributed by atoms with E-state index in [4.69, 9.17) is 17.3 Å². The summed E-state index contributed by atoms with van der Waals surface area (Å²) in [4.78, 5) is 22.4. The molecule has 3 N–H and O–H groups in total. The summed E-state index contributed by atoms with van der Waals surface area (Å²) in [7, 11) is 0. The van der Waals surface area contributed by atoms with Crippen molar-refractivity contribution in [3.63, 3.8) is 0 Å². The molecule has 0 saturated carbocycles. The fourth-order valence-corrected chi connectivity index (χ4v) is 2.25. The number of halogens is 2. The van der Waals surface area contributed by atoms with Crippen LogP contribution in [0.5, 0.6) is 0 Å². The van der Waals surface area contributed by atoms with Gasteiger partial charge >= 0.3 is 0 Å². The van der Waals surface area contributed by atoms with E-state index in [2.05, 4.69) is 21.2 Å². The molecule has 0 radical (unpaired) electrons. The number of hydrogen-bond donors (Lipinski definition) is 2. The zero-order valence-electron chi connectivity index (χ0n) is 10.5. The third kappa shape index (κ3) is 3.32. The van der Waals surface area contributed by atoms with Crippen molar-refractivity contribution < 1.29 is 9.72 Å².